The monoisotopic (exact) mass is 196 g/mol. The Bertz CT molecular complexity index is 193. The molecule has 0 aromatic carbocycles. The number of likely N-dealkylation sites (tertiary alicyclic amines) is 1. The summed E-state index contributed by atoms with van der Waals surface area (Å²) >= 11 is 0. The second-order valence-corrected chi connectivity index (χ2v) is 5.45. The summed E-state index contributed by atoms with van der Waals surface area (Å²) in [4.78, 5) is 2.70. The van der Waals surface area contributed by atoms with E-state index in [1.807, 2.05) is 0 Å². The summed E-state index contributed by atoms with van der Waals surface area (Å²) in [5.74, 6) is 0.913. The van der Waals surface area contributed by atoms with Crippen LogP contribution in [0.15, 0.2) is 0 Å². The smallest absolute Gasteiger partial charge is 0.0334 e. The second kappa shape index (κ2) is 3.82. The average Bonchev–Trinajstić information content (AvgIpc) is 2.07. The highest BCUT2D eigenvalue weighted by Gasteiger charge is 2.44. The molecule has 2 aliphatic rings. The van der Waals surface area contributed by atoms with Crippen LogP contribution in [0, 0.1) is 5.92 Å². The molecule has 14 heavy (non-hydrogen) atoms. The fourth-order valence-electron chi connectivity index (χ4n) is 3.31. The summed E-state index contributed by atoms with van der Waals surface area (Å²) in [6, 6.07) is 0.752. The number of piperidine rings is 1. The van der Waals surface area contributed by atoms with E-state index in [1.54, 1.807) is 0 Å². The van der Waals surface area contributed by atoms with Gasteiger partial charge in [-0.05, 0) is 51.5 Å². The third-order valence-electron chi connectivity index (χ3n) is 4.41. The molecule has 2 N–H and O–H groups in total. The summed E-state index contributed by atoms with van der Waals surface area (Å²) in [5.41, 5.74) is 6.36. The molecule has 2 atom stereocenters. The van der Waals surface area contributed by atoms with Gasteiger partial charge in [0, 0.05) is 18.1 Å². The highest BCUT2D eigenvalue weighted by molar-refractivity contribution is 5.01. The zero-order valence-corrected chi connectivity index (χ0v) is 9.63. The first-order valence-corrected chi connectivity index (χ1v) is 6.15. The van der Waals surface area contributed by atoms with Gasteiger partial charge in [-0.15, -0.1) is 0 Å². The lowest BCUT2D eigenvalue weighted by Crippen LogP contribution is -2.62. The van der Waals surface area contributed by atoms with Crippen LogP contribution in [-0.4, -0.2) is 29.6 Å². The molecule has 0 aromatic rings. The van der Waals surface area contributed by atoms with Gasteiger partial charge in [0.1, 0.15) is 0 Å². The van der Waals surface area contributed by atoms with Gasteiger partial charge in [0.25, 0.3) is 0 Å². The molecule has 1 aliphatic heterocycles. The first kappa shape index (κ1) is 10.4. The van der Waals surface area contributed by atoms with Crippen molar-refractivity contribution in [3.8, 4) is 0 Å². The van der Waals surface area contributed by atoms with E-state index in [-0.39, 0.29) is 0 Å². The predicted molar refractivity (Wildman–Crippen MR) is 60.2 cm³/mol. The Balaban J connectivity index is 2.02. The molecule has 2 heteroatoms. The van der Waals surface area contributed by atoms with Crippen molar-refractivity contribution in [3.05, 3.63) is 0 Å². The maximum absolute atomic E-state index is 5.95. The van der Waals surface area contributed by atoms with Gasteiger partial charge < -0.3 is 5.73 Å². The number of hydrogen-bond donors (Lipinski definition) is 1. The molecular formula is C12H24N2. The molecule has 2 rings (SSSR count). The fraction of sp³-hybridized carbons (Fsp3) is 1.00. The zero-order chi connectivity index (χ0) is 10.2. The van der Waals surface area contributed by atoms with Crippen molar-refractivity contribution >= 4 is 0 Å². The van der Waals surface area contributed by atoms with Crippen molar-refractivity contribution in [2.24, 2.45) is 11.7 Å². The van der Waals surface area contributed by atoms with Crippen LogP contribution in [0.3, 0.4) is 0 Å². The van der Waals surface area contributed by atoms with Crippen LogP contribution < -0.4 is 5.73 Å². The predicted octanol–water partition coefficient (Wildman–Crippen LogP) is 1.99. The lowest BCUT2D eigenvalue weighted by Gasteiger charge is -2.54. The van der Waals surface area contributed by atoms with E-state index in [4.69, 9.17) is 5.73 Å². The van der Waals surface area contributed by atoms with Gasteiger partial charge in [0.05, 0.1) is 0 Å². The van der Waals surface area contributed by atoms with Crippen LogP contribution in [0.4, 0.5) is 0 Å². The maximum atomic E-state index is 5.95. The van der Waals surface area contributed by atoms with E-state index < -0.39 is 0 Å². The molecule has 0 bridgehead atoms. The molecule has 0 spiro atoms. The van der Waals surface area contributed by atoms with Crippen LogP contribution >= 0.6 is 0 Å². The Hall–Kier alpha value is -0.0800. The van der Waals surface area contributed by atoms with E-state index in [2.05, 4.69) is 18.7 Å². The van der Waals surface area contributed by atoms with E-state index in [0.717, 1.165) is 18.5 Å². The van der Waals surface area contributed by atoms with Crippen LogP contribution in [0.2, 0.25) is 0 Å². The summed E-state index contributed by atoms with van der Waals surface area (Å²) in [6.07, 6.45) is 6.79. The highest BCUT2D eigenvalue weighted by Crippen LogP contribution is 2.41. The van der Waals surface area contributed by atoms with Crippen molar-refractivity contribution in [2.75, 3.05) is 13.1 Å². The van der Waals surface area contributed by atoms with Crippen LogP contribution in [0.25, 0.3) is 0 Å². The molecule has 1 aliphatic carbocycles. The van der Waals surface area contributed by atoms with Gasteiger partial charge in [0.2, 0.25) is 0 Å². The Morgan fingerprint density at radius 3 is 2.50 bits per heavy atom. The molecule has 82 valence electrons. The average molecular weight is 196 g/mol. The zero-order valence-electron chi connectivity index (χ0n) is 9.63. The summed E-state index contributed by atoms with van der Waals surface area (Å²) < 4.78 is 0. The molecule has 1 saturated carbocycles. The van der Waals surface area contributed by atoms with Crippen LogP contribution in [0.1, 0.15) is 46.0 Å². The van der Waals surface area contributed by atoms with Crippen molar-refractivity contribution in [3.63, 3.8) is 0 Å². The first-order chi connectivity index (χ1) is 6.68. The van der Waals surface area contributed by atoms with Crippen molar-refractivity contribution in [1.29, 1.82) is 0 Å². The van der Waals surface area contributed by atoms with Crippen molar-refractivity contribution in [2.45, 2.75) is 57.5 Å². The van der Waals surface area contributed by atoms with E-state index in [9.17, 15) is 0 Å². The molecule has 1 heterocycles. The number of nitrogens with two attached hydrogens (primary N) is 1. The van der Waals surface area contributed by atoms with Gasteiger partial charge in [-0.3, -0.25) is 4.90 Å². The lowest BCUT2D eigenvalue weighted by molar-refractivity contribution is -0.0334. The summed E-state index contributed by atoms with van der Waals surface area (Å²) in [7, 11) is 0. The molecule has 2 fully saturated rings. The maximum Gasteiger partial charge on any atom is 0.0334 e. The standard InChI is InChI=1S/C12H24N2/c1-10-4-7-14(11(2)8-10)12(9-13)5-3-6-12/h10-11H,3-9,13H2,1-2H3. The fourth-order valence-corrected chi connectivity index (χ4v) is 3.31. The molecule has 0 amide bonds. The van der Waals surface area contributed by atoms with E-state index in [1.165, 1.54) is 38.6 Å². The van der Waals surface area contributed by atoms with Gasteiger partial charge in [-0.25, -0.2) is 0 Å². The molecule has 1 saturated heterocycles. The largest absolute Gasteiger partial charge is 0.329 e. The number of nitrogens with zero attached hydrogens (tertiary/aromatic N) is 1. The van der Waals surface area contributed by atoms with E-state index in [0.29, 0.717) is 5.54 Å². The highest BCUT2D eigenvalue weighted by atomic mass is 15.2. The lowest BCUT2D eigenvalue weighted by atomic mass is 9.73. The molecular weight excluding hydrogens is 172 g/mol. The third-order valence-corrected chi connectivity index (χ3v) is 4.41. The quantitative estimate of drug-likeness (QED) is 0.732. The third kappa shape index (κ3) is 1.59. The van der Waals surface area contributed by atoms with Gasteiger partial charge >= 0.3 is 0 Å². The van der Waals surface area contributed by atoms with Crippen molar-refractivity contribution in [1.82, 2.24) is 4.90 Å². The second-order valence-electron chi connectivity index (χ2n) is 5.45. The van der Waals surface area contributed by atoms with Crippen LogP contribution in [-0.2, 0) is 0 Å². The molecule has 0 radical (unpaired) electrons. The first-order valence-electron chi connectivity index (χ1n) is 6.15. The minimum absolute atomic E-state index is 0.402. The number of rotatable bonds is 2. The van der Waals surface area contributed by atoms with Gasteiger partial charge in [0.15, 0.2) is 0 Å². The number of hydrogen-bond acceptors (Lipinski definition) is 2. The SMILES string of the molecule is CC1CCN(C2(CN)CCC2)C(C)C1. The van der Waals surface area contributed by atoms with Crippen molar-refractivity contribution < 1.29 is 0 Å². The Kier molecular flexibility index (Phi) is 2.85. The van der Waals surface area contributed by atoms with Crippen LogP contribution in [0.5, 0.6) is 0 Å². The summed E-state index contributed by atoms with van der Waals surface area (Å²) in [5, 5.41) is 0. The Morgan fingerprint density at radius 2 is 2.07 bits per heavy atom. The van der Waals surface area contributed by atoms with Gasteiger partial charge in [-0.2, -0.15) is 0 Å². The minimum atomic E-state index is 0.402. The summed E-state index contributed by atoms with van der Waals surface area (Å²) in [6.45, 7) is 6.90. The Morgan fingerprint density at radius 1 is 1.36 bits per heavy atom. The normalized spacial score (nSPS) is 37.9. The molecule has 2 nitrogen and oxygen atoms in total. The molecule has 0 aromatic heterocycles. The van der Waals surface area contributed by atoms with Gasteiger partial charge in [-0.1, -0.05) is 6.92 Å². The minimum Gasteiger partial charge on any atom is -0.329 e. The Labute approximate surface area is 87.8 Å². The molecule has 2 unspecified atom stereocenters. The topological polar surface area (TPSA) is 29.3 Å². The van der Waals surface area contributed by atoms with E-state index >= 15 is 0 Å².